The van der Waals surface area contributed by atoms with Crippen LogP contribution in [0.25, 0.3) is 0 Å². The molecule has 1 heterocycles. The van der Waals surface area contributed by atoms with Crippen molar-refractivity contribution in [3.63, 3.8) is 0 Å². The van der Waals surface area contributed by atoms with Crippen LogP contribution in [0.15, 0.2) is 21.1 Å². The van der Waals surface area contributed by atoms with Crippen molar-refractivity contribution in [2.45, 2.75) is 19.9 Å². The first-order chi connectivity index (χ1) is 7.08. The Kier molecular flexibility index (Phi) is 3.16. The first kappa shape index (κ1) is 11.1. The van der Waals surface area contributed by atoms with Gasteiger partial charge in [-0.1, -0.05) is 0 Å². The van der Waals surface area contributed by atoms with Gasteiger partial charge in [0, 0.05) is 29.0 Å². The molecular weight excluding hydrogens is 322 g/mol. The van der Waals surface area contributed by atoms with Crippen molar-refractivity contribution >= 4 is 37.8 Å². The molecule has 1 amide bonds. The molecule has 0 aromatic heterocycles. The third-order valence-electron chi connectivity index (χ3n) is 2.70. The van der Waals surface area contributed by atoms with E-state index in [0.29, 0.717) is 0 Å². The second-order valence-electron chi connectivity index (χ2n) is 3.73. The van der Waals surface area contributed by atoms with Crippen LogP contribution in [0.2, 0.25) is 0 Å². The highest BCUT2D eigenvalue weighted by atomic mass is 79.9. The summed E-state index contributed by atoms with van der Waals surface area (Å²) in [6.45, 7) is 3.19. The van der Waals surface area contributed by atoms with Crippen molar-refractivity contribution in [3.8, 4) is 0 Å². The Hall–Kier alpha value is -0.350. The first-order valence-electron chi connectivity index (χ1n) is 4.80. The predicted molar refractivity (Wildman–Crippen MR) is 66.6 cm³/mol. The van der Waals surface area contributed by atoms with Gasteiger partial charge in [-0.05, 0) is 61.5 Å². The lowest BCUT2D eigenvalue weighted by atomic mass is 10.00. The average Bonchev–Trinajstić information content (AvgIpc) is 2.19. The summed E-state index contributed by atoms with van der Waals surface area (Å²) in [6.07, 6.45) is 0.945. The van der Waals surface area contributed by atoms with Crippen molar-refractivity contribution in [3.05, 3.63) is 32.2 Å². The summed E-state index contributed by atoms with van der Waals surface area (Å²) in [4.78, 5) is 13.1. The normalized spacial score (nSPS) is 15.0. The monoisotopic (exact) mass is 331 g/mol. The van der Waals surface area contributed by atoms with E-state index in [1.165, 1.54) is 11.1 Å². The van der Waals surface area contributed by atoms with Crippen molar-refractivity contribution < 1.29 is 4.79 Å². The van der Waals surface area contributed by atoms with Gasteiger partial charge in [-0.3, -0.25) is 4.79 Å². The number of halogens is 2. The lowest BCUT2D eigenvalue weighted by Crippen LogP contribution is -2.34. The fourth-order valence-electron chi connectivity index (χ4n) is 1.82. The summed E-state index contributed by atoms with van der Waals surface area (Å²) in [5, 5.41) is 0. The van der Waals surface area contributed by atoms with Gasteiger partial charge >= 0.3 is 0 Å². The van der Waals surface area contributed by atoms with E-state index < -0.39 is 0 Å². The molecule has 1 aliphatic heterocycles. The van der Waals surface area contributed by atoms with E-state index in [9.17, 15) is 4.79 Å². The molecule has 0 bridgehead atoms. The Balaban J connectivity index is 2.34. The Bertz CT molecular complexity index is 417. The first-order valence-corrected chi connectivity index (χ1v) is 6.39. The third kappa shape index (κ3) is 2.26. The minimum atomic E-state index is 0.152. The largest absolute Gasteiger partial charge is 0.338 e. The molecule has 0 spiro atoms. The van der Waals surface area contributed by atoms with Crippen LogP contribution in [0.5, 0.6) is 0 Å². The van der Waals surface area contributed by atoms with Crippen LogP contribution in [0.4, 0.5) is 0 Å². The Morgan fingerprint density at radius 1 is 1.27 bits per heavy atom. The van der Waals surface area contributed by atoms with E-state index >= 15 is 0 Å². The molecule has 0 saturated heterocycles. The highest BCUT2D eigenvalue weighted by Gasteiger charge is 2.18. The van der Waals surface area contributed by atoms with Gasteiger partial charge in [0.1, 0.15) is 0 Å². The minimum absolute atomic E-state index is 0.152. The zero-order valence-corrected chi connectivity index (χ0v) is 11.6. The smallest absolute Gasteiger partial charge is 0.219 e. The van der Waals surface area contributed by atoms with E-state index in [0.717, 1.165) is 28.5 Å². The number of carbonyl (C=O) groups excluding carboxylic acids is 1. The number of rotatable bonds is 0. The van der Waals surface area contributed by atoms with E-state index in [4.69, 9.17) is 0 Å². The molecule has 4 heteroatoms. The second kappa shape index (κ2) is 4.26. The van der Waals surface area contributed by atoms with Gasteiger partial charge in [0.25, 0.3) is 0 Å². The van der Waals surface area contributed by atoms with E-state index in [1.807, 2.05) is 4.90 Å². The lowest BCUT2D eigenvalue weighted by molar-refractivity contribution is -0.129. The van der Waals surface area contributed by atoms with Crippen molar-refractivity contribution in [2.24, 2.45) is 0 Å². The molecule has 1 aromatic carbocycles. The zero-order chi connectivity index (χ0) is 11.0. The quantitative estimate of drug-likeness (QED) is 0.714. The number of hydrogen-bond acceptors (Lipinski definition) is 1. The maximum atomic E-state index is 11.3. The predicted octanol–water partition coefficient (Wildman–Crippen LogP) is 3.12. The molecule has 0 atom stereocenters. The van der Waals surface area contributed by atoms with E-state index in [2.05, 4.69) is 44.0 Å². The van der Waals surface area contributed by atoms with Crippen LogP contribution in [-0.2, 0) is 17.8 Å². The molecule has 0 fully saturated rings. The van der Waals surface area contributed by atoms with Crippen LogP contribution in [-0.4, -0.2) is 17.4 Å². The standard InChI is InChI=1S/C11H11Br2NO/c1-7(15)14-3-2-8-4-10(12)11(13)5-9(8)6-14/h4-5H,2-3,6H2,1H3. The highest BCUT2D eigenvalue weighted by Crippen LogP contribution is 2.29. The topological polar surface area (TPSA) is 20.3 Å². The van der Waals surface area contributed by atoms with E-state index in [-0.39, 0.29) is 5.91 Å². The number of benzene rings is 1. The molecule has 0 aliphatic carbocycles. The Labute approximate surface area is 106 Å². The van der Waals surface area contributed by atoms with Gasteiger partial charge in [-0.25, -0.2) is 0 Å². The summed E-state index contributed by atoms with van der Waals surface area (Å²) in [6, 6.07) is 4.23. The number of fused-ring (bicyclic) bond motifs is 1. The van der Waals surface area contributed by atoms with Crippen molar-refractivity contribution in [1.82, 2.24) is 4.90 Å². The van der Waals surface area contributed by atoms with Crippen LogP contribution < -0.4 is 0 Å². The fourth-order valence-corrected chi connectivity index (χ4v) is 2.60. The third-order valence-corrected chi connectivity index (χ3v) is 4.54. The summed E-state index contributed by atoms with van der Waals surface area (Å²) < 4.78 is 2.13. The maximum absolute atomic E-state index is 11.3. The molecule has 0 radical (unpaired) electrons. The highest BCUT2D eigenvalue weighted by molar-refractivity contribution is 9.13. The molecule has 1 aromatic rings. The molecule has 15 heavy (non-hydrogen) atoms. The average molecular weight is 333 g/mol. The lowest BCUT2D eigenvalue weighted by Gasteiger charge is -2.28. The van der Waals surface area contributed by atoms with Crippen LogP contribution >= 0.6 is 31.9 Å². The molecular formula is C11H11Br2NO. The van der Waals surface area contributed by atoms with Crippen molar-refractivity contribution in [2.75, 3.05) is 6.54 Å². The van der Waals surface area contributed by atoms with Gasteiger partial charge in [-0.2, -0.15) is 0 Å². The number of hydrogen-bond donors (Lipinski definition) is 0. The van der Waals surface area contributed by atoms with Gasteiger partial charge in [0.05, 0.1) is 0 Å². The van der Waals surface area contributed by atoms with Crippen LogP contribution in [0.3, 0.4) is 0 Å². The maximum Gasteiger partial charge on any atom is 0.219 e. The number of amides is 1. The Morgan fingerprint density at radius 2 is 1.87 bits per heavy atom. The minimum Gasteiger partial charge on any atom is -0.338 e. The fraction of sp³-hybridized carbons (Fsp3) is 0.364. The molecule has 1 aliphatic rings. The summed E-state index contributed by atoms with van der Waals surface area (Å²) in [5.74, 6) is 0.152. The SMILES string of the molecule is CC(=O)N1CCc2cc(Br)c(Br)cc2C1. The van der Waals surface area contributed by atoms with Gasteiger partial charge < -0.3 is 4.90 Å². The summed E-state index contributed by atoms with van der Waals surface area (Å²) >= 11 is 6.97. The van der Waals surface area contributed by atoms with E-state index in [1.54, 1.807) is 6.92 Å². The molecule has 80 valence electrons. The van der Waals surface area contributed by atoms with Gasteiger partial charge in [0.15, 0.2) is 0 Å². The molecule has 2 nitrogen and oxygen atoms in total. The summed E-state index contributed by atoms with van der Waals surface area (Å²) in [7, 11) is 0. The number of nitrogens with zero attached hydrogens (tertiary/aromatic N) is 1. The van der Waals surface area contributed by atoms with Crippen LogP contribution in [0, 0.1) is 0 Å². The van der Waals surface area contributed by atoms with Crippen LogP contribution in [0.1, 0.15) is 18.1 Å². The molecule has 2 rings (SSSR count). The molecule has 0 unspecified atom stereocenters. The van der Waals surface area contributed by atoms with Gasteiger partial charge in [-0.15, -0.1) is 0 Å². The summed E-state index contributed by atoms with van der Waals surface area (Å²) in [5.41, 5.74) is 2.58. The second-order valence-corrected chi connectivity index (χ2v) is 5.43. The van der Waals surface area contributed by atoms with Crippen molar-refractivity contribution in [1.29, 1.82) is 0 Å². The zero-order valence-electron chi connectivity index (χ0n) is 8.39. The number of carbonyl (C=O) groups is 1. The molecule has 0 saturated carbocycles. The molecule has 0 N–H and O–H groups in total. The Morgan fingerprint density at radius 3 is 2.47 bits per heavy atom. The van der Waals surface area contributed by atoms with Gasteiger partial charge in [0.2, 0.25) is 5.91 Å².